The first-order valence-electron chi connectivity index (χ1n) is 6.15. The Bertz CT molecular complexity index is 509. The van der Waals surface area contributed by atoms with Crippen LogP contribution in [0.1, 0.15) is 31.6 Å². The van der Waals surface area contributed by atoms with Crippen molar-refractivity contribution in [2.45, 2.75) is 44.2 Å². The molecule has 1 N–H and O–H groups in total. The number of thiophene rings is 1. The third-order valence-electron chi connectivity index (χ3n) is 3.45. The fraction of sp³-hybridized carbons (Fsp3) is 0.667. The highest BCUT2D eigenvalue weighted by Crippen LogP contribution is 2.29. The molecule has 102 valence electrons. The number of sulfonamides is 1. The van der Waals surface area contributed by atoms with E-state index in [0.29, 0.717) is 22.2 Å². The van der Waals surface area contributed by atoms with Gasteiger partial charge in [-0.1, -0.05) is 6.92 Å². The average molecular weight is 289 g/mol. The molecule has 0 saturated carbocycles. The lowest BCUT2D eigenvalue weighted by atomic mass is 9.97. The predicted octanol–water partition coefficient (Wildman–Crippen LogP) is 2.05. The maximum atomic E-state index is 12.5. The van der Waals surface area contributed by atoms with E-state index in [-0.39, 0.29) is 12.6 Å². The number of rotatable bonds is 3. The summed E-state index contributed by atoms with van der Waals surface area (Å²) in [4.78, 5) is 1.00. The van der Waals surface area contributed by atoms with Crippen LogP contribution in [-0.2, 0) is 16.6 Å². The van der Waals surface area contributed by atoms with E-state index in [9.17, 15) is 8.42 Å². The Morgan fingerprint density at radius 1 is 1.44 bits per heavy atom. The lowest BCUT2D eigenvalue weighted by Crippen LogP contribution is -2.44. The minimum atomic E-state index is -3.40. The van der Waals surface area contributed by atoms with Crippen molar-refractivity contribution in [3.8, 4) is 0 Å². The van der Waals surface area contributed by atoms with Crippen LogP contribution >= 0.6 is 11.3 Å². The van der Waals surface area contributed by atoms with Crippen LogP contribution in [0.5, 0.6) is 0 Å². The molecule has 6 heteroatoms. The van der Waals surface area contributed by atoms with Crippen LogP contribution in [0.3, 0.4) is 0 Å². The SMILES string of the molecule is CC1CCC(C)N(S(=O)(=O)c2csc(CO)c2)C1. The minimum absolute atomic E-state index is 0.0590. The van der Waals surface area contributed by atoms with Gasteiger partial charge in [0, 0.05) is 22.8 Å². The third-order valence-corrected chi connectivity index (χ3v) is 6.48. The van der Waals surface area contributed by atoms with E-state index in [2.05, 4.69) is 6.92 Å². The first-order chi connectivity index (χ1) is 8.45. The minimum Gasteiger partial charge on any atom is -0.391 e. The predicted molar refractivity (Wildman–Crippen MR) is 72.0 cm³/mol. The zero-order valence-electron chi connectivity index (χ0n) is 10.7. The lowest BCUT2D eigenvalue weighted by molar-refractivity contribution is 0.218. The second-order valence-corrected chi connectivity index (χ2v) is 7.90. The van der Waals surface area contributed by atoms with E-state index in [4.69, 9.17) is 5.11 Å². The molecular formula is C12H19NO3S2. The molecule has 0 spiro atoms. The number of nitrogens with zero attached hydrogens (tertiary/aromatic N) is 1. The van der Waals surface area contributed by atoms with E-state index >= 15 is 0 Å². The Kier molecular flexibility index (Phi) is 4.11. The van der Waals surface area contributed by atoms with Crippen molar-refractivity contribution in [2.75, 3.05) is 6.54 Å². The highest BCUT2D eigenvalue weighted by atomic mass is 32.2. The number of hydrogen-bond donors (Lipinski definition) is 1. The van der Waals surface area contributed by atoms with E-state index in [1.165, 1.54) is 11.3 Å². The van der Waals surface area contributed by atoms with Crippen LogP contribution in [0, 0.1) is 5.92 Å². The Hall–Kier alpha value is -0.430. The molecule has 2 rings (SSSR count). The van der Waals surface area contributed by atoms with Crippen molar-refractivity contribution in [3.63, 3.8) is 0 Å². The quantitative estimate of drug-likeness (QED) is 0.926. The fourth-order valence-corrected chi connectivity index (χ4v) is 5.20. The smallest absolute Gasteiger partial charge is 0.244 e. The maximum Gasteiger partial charge on any atom is 0.244 e. The highest BCUT2D eigenvalue weighted by Gasteiger charge is 2.33. The largest absolute Gasteiger partial charge is 0.391 e. The number of hydrogen-bond acceptors (Lipinski definition) is 4. The van der Waals surface area contributed by atoms with E-state index in [1.54, 1.807) is 15.8 Å². The molecule has 1 aliphatic heterocycles. The van der Waals surface area contributed by atoms with Crippen molar-refractivity contribution in [1.29, 1.82) is 0 Å². The summed E-state index contributed by atoms with van der Waals surface area (Å²) in [6.07, 6.45) is 2.00. The third kappa shape index (κ3) is 2.61. The van der Waals surface area contributed by atoms with Crippen LogP contribution in [-0.4, -0.2) is 30.4 Å². The Labute approximate surface area is 112 Å². The van der Waals surface area contributed by atoms with Crippen LogP contribution in [0.4, 0.5) is 0 Å². The zero-order valence-corrected chi connectivity index (χ0v) is 12.3. The summed E-state index contributed by atoms with van der Waals surface area (Å²) in [7, 11) is -3.40. The Morgan fingerprint density at radius 2 is 2.17 bits per heavy atom. The summed E-state index contributed by atoms with van der Waals surface area (Å²) in [6.45, 7) is 4.53. The first-order valence-corrected chi connectivity index (χ1v) is 8.47. The van der Waals surface area contributed by atoms with Crippen LogP contribution < -0.4 is 0 Å². The van der Waals surface area contributed by atoms with Gasteiger partial charge in [0.1, 0.15) is 0 Å². The van der Waals surface area contributed by atoms with Gasteiger partial charge >= 0.3 is 0 Å². The molecule has 2 unspecified atom stereocenters. The molecule has 0 radical (unpaired) electrons. The summed E-state index contributed by atoms with van der Waals surface area (Å²) in [5.74, 6) is 0.409. The second kappa shape index (κ2) is 5.28. The number of piperidine rings is 1. The van der Waals surface area contributed by atoms with Gasteiger partial charge in [0.2, 0.25) is 10.0 Å². The van der Waals surface area contributed by atoms with E-state index < -0.39 is 10.0 Å². The standard InChI is InChI=1S/C12H19NO3S2/c1-9-3-4-10(2)13(6-9)18(15,16)12-5-11(7-14)17-8-12/h5,8-10,14H,3-4,6-7H2,1-2H3. The van der Waals surface area contributed by atoms with Crippen molar-refractivity contribution in [1.82, 2.24) is 4.31 Å². The van der Waals surface area contributed by atoms with Crippen molar-refractivity contribution in [2.24, 2.45) is 5.92 Å². The van der Waals surface area contributed by atoms with E-state index in [0.717, 1.165) is 12.8 Å². The molecule has 2 heterocycles. The molecule has 1 fully saturated rings. The van der Waals surface area contributed by atoms with Gasteiger partial charge in [-0.2, -0.15) is 4.31 Å². The summed E-state index contributed by atoms with van der Waals surface area (Å²) in [5, 5.41) is 10.6. The molecule has 4 nitrogen and oxygen atoms in total. The zero-order chi connectivity index (χ0) is 13.3. The second-order valence-electron chi connectivity index (χ2n) is 5.01. The highest BCUT2D eigenvalue weighted by molar-refractivity contribution is 7.89. The molecule has 0 aliphatic carbocycles. The molecule has 2 atom stereocenters. The number of aliphatic hydroxyl groups is 1. The average Bonchev–Trinajstić information content (AvgIpc) is 2.81. The van der Waals surface area contributed by atoms with Gasteiger partial charge in [-0.05, 0) is 31.7 Å². The van der Waals surface area contributed by atoms with Crippen LogP contribution in [0.2, 0.25) is 0 Å². The lowest BCUT2D eigenvalue weighted by Gasteiger charge is -2.35. The summed E-state index contributed by atoms with van der Waals surface area (Å²) >= 11 is 1.29. The number of aliphatic hydroxyl groups excluding tert-OH is 1. The molecule has 0 bridgehead atoms. The van der Waals surface area contributed by atoms with Gasteiger partial charge in [-0.3, -0.25) is 0 Å². The molecule has 0 amide bonds. The molecule has 0 aromatic carbocycles. The van der Waals surface area contributed by atoms with Gasteiger partial charge in [0.15, 0.2) is 0 Å². The molecule has 1 aliphatic rings. The molecule has 1 aromatic rings. The molecule has 1 aromatic heterocycles. The van der Waals surface area contributed by atoms with Crippen molar-refractivity contribution >= 4 is 21.4 Å². The van der Waals surface area contributed by atoms with Crippen LogP contribution in [0.15, 0.2) is 16.3 Å². The van der Waals surface area contributed by atoms with E-state index in [1.807, 2.05) is 6.92 Å². The van der Waals surface area contributed by atoms with Crippen molar-refractivity contribution in [3.05, 3.63) is 16.3 Å². The van der Waals surface area contributed by atoms with Gasteiger partial charge < -0.3 is 5.11 Å². The normalized spacial score (nSPS) is 26.4. The first kappa shape index (κ1) is 14.0. The maximum absolute atomic E-state index is 12.5. The molecular weight excluding hydrogens is 270 g/mol. The van der Waals surface area contributed by atoms with Gasteiger partial charge in [0.05, 0.1) is 11.5 Å². The Morgan fingerprint density at radius 3 is 2.78 bits per heavy atom. The topological polar surface area (TPSA) is 57.6 Å². The molecule has 1 saturated heterocycles. The summed E-state index contributed by atoms with van der Waals surface area (Å²) < 4.78 is 26.6. The van der Waals surface area contributed by atoms with Crippen LogP contribution in [0.25, 0.3) is 0 Å². The van der Waals surface area contributed by atoms with Gasteiger partial charge in [-0.25, -0.2) is 8.42 Å². The molecule has 18 heavy (non-hydrogen) atoms. The fourth-order valence-electron chi connectivity index (χ4n) is 2.30. The summed E-state index contributed by atoms with van der Waals surface area (Å²) in [5.41, 5.74) is 0. The van der Waals surface area contributed by atoms with Gasteiger partial charge in [-0.15, -0.1) is 11.3 Å². The van der Waals surface area contributed by atoms with Gasteiger partial charge in [0.25, 0.3) is 0 Å². The summed E-state index contributed by atoms with van der Waals surface area (Å²) in [6, 6.07) is 1.63. The monoisotopic (exact) mass is 289 g/mol. The Balaban J connectivity index is 2.29. The van der Waals surface area contributed by atoms with Crippen molar-refractivity contribution < 1.29 is 13.5 Å².